The van der Waals surface area contributed by atoms with E-state index >= 15 is 0 Å². The third-order valence-corrected chi connectivity index (χ3v) is 6.05. The number of rotatable bonds is 6. The number of H-pyrrole nitrogens is 1. The fraction of sp³-hybridized carbons (Fsp3) is 0.375. The molecule has 2 N–H and O–H groups in total. The van der Waals surface area contributed by atoms with Crippen molar-refractivity contribution in [2.75, 3.05) is 43.4 Å². The number of nitrogens with one attached hydrogen (secondary N) is 2. The van der Waals surface area contributed by atoms with E-state index in [9.17, 15) is 18.0 Å². The largest absolute Gasteiger partial charge is 0.351 e. The standard InChI is InChI=1S/C16H20N6O4S/c23-14-13(3-1-4-17-14)15(24)18-7-12-27(25,26)22-10-8-21(9-11-22)16-19-5-2-6-20-16/h1-6H,7-12H2,(H,17,23)(H,18,24). The van der Waals surface area contributed by atoms with E-state index in [-0.39, 0.29) is 17.9 Å². The Kier molecular flexibility index (Phi) is 5.81. The summed E-state index contributed by atoms with van der Waals surface area (Å²) in [7, 11) is -3.51. The van der Waals surface area contributed by atoms with Gasteiger partial charge in [0.2, 0.25) is 16.0 Å². The van der Waals surface area contributed by atoms with Crippen molar-refractivity contribution in [3.05, 3.63) is 52.7 Å². The second kappa shape index (κ2) is 8.27. The van der Waals surface area contributed by atoms with Crippen molar-refractivity contribution in [2.45, 2.75) is 0 Å². The molecule has 1 saturated heterocycles. The van der Waals surface area contributed by atoms with Crippen LogP contribution >= 0.6 is 0 Å². The molecule has 0 radical (unpaired) electrons. The maximum Gasteiger partial charge on any atom is 0.260 e. The van der Waals surface area contributed by atoms with Crippen LogP contribution in [0.25, 0.3) is 0 Å². The first kappa shape index (κ1) is 19.0. The van der Waals surface area contributed by atoms with E-state index < -0.39 is 21.5 Å². The Morgan fingerprint density at radius 1 is 1.15 bits per heavy atom. The minimum Gasteiger partial charge on any atom is -0.351 e. The van der Waals surface area contributed by atoms with Crippen LogP contribution in [-0.4, -0.2) is 72.1 Å². The molecule has 1 amide bonds. The molecule has 3 rings (SSSR count). The van der Waals surface area contributed by atoms with Crippen molar-refractivity contribution in [1.29, 1.82) is 0 Å². The molecular weight excluding hydrogens is 372 g/mol. The minimum atomic E-state index is -3.51. The summed E-state index contributed by atoms with van der Waals surface area (Å²) >= 11 is 0. The highest BCUT2D eigenvalue weighted by Gasteiger charge is 2.27. The highest BCUT2D eigenvalue weighted by molar-refractivity contribution is 7.89. The van der Waals surface area contributed by atoms with E-state index in [0.717, 1.165) is 0 Å². The zero-order valence-electron chi connectivity index (χ0n) is 14.5. The van der Waals surface area contributed by atoms with Gasteiger partial charge in [-0.25, -0.2) is 18.4 Å². The lowest BCUT2D eigenvalue weighted by molar-refractivity contribution is 0.0954. The van der Waals surface area contributed by atoms with Gasteiger partial charge in [0.1, 0.15) is 5.56 Å². The number of nitrogens with zero attached hydrogens (tertiary/aromatic N) is 4. The van der Waals surface area contributed by atoms with Gasteiger partial charge in [0.05, 0.1) is 5.75 Å². The summed E-state index contributed by atoms with van der Waals surface area (Å²) in [6, 6.07) is 4.64. The summed E-state index contributed by atoms with van der Waals surface area (Å²) in [5.74, 6) is -0.251. The zero-order chi connectivity index (χ0) is 19.3. The van der Waals surface area contributed by atoms with Crippen LogP contribution in [0, 0.1) is 0 Å². The molecule has 27 heavy (non-hydrogen) atoms. The summed E-state index contributed by atoms with van der Waals surface area (Å²) < 4.78 is 26.3. The number of carbonyl (C=O) groups excluding carboxylic acids is 1. The SMILES string of the molecule is O=C(NCCS(=O)(=O)N1CCN(c2ncccn2)CC1)c1ccc[nH]c1=O. The molecule has 0 saturated carbocycles. The molecule has 0 bridgehead atoms. The number of amides is 1. The Bertz CT molecular complexity index is 939. The number of aromatic amines is 1. The van der Waals surface area contributed by atoms with E-state index in [4.69, 9.17) is 0 Å². The van der Waals surface area contributed by atoms with Crippen molar-refractivity contribution in [1.82, 2.24) is 24.6 Å². The number of aromatic nitrogens is 3. The topological polar surface area (TPSA) is 128 Å². The maximum atomic E-state index is 12.5. The van der Waals surface area contributed by atoms with Gasteiger partial charge in [-0.3, -0.25) is 9.59 Å². The van der Waals surface area contributed by atoms with Gasteiger partial charge < -0.3 is 15.2 Å². The first-order valence-electron chi connectivity index (χ1n) is 8.43. The lowest BCUT2D eigenvalue weighted by Gasteiger charge is -2.33. The Hall–Kier alpha value is -2.79. The first-order chi connectivity index (χ1) is 13.0. The highest BCUT2D eigenvalue weighted by atomic mass is 32.2. The number of hydrogen-bond acceptors (Lipinski definition) is 7. The fourth-order valence-electron chi connectivity index (χ4n) is 2.74. The van der Waals surface area contributed by atoms with Crippen molar-refractivity contribution in [2.24, 2.45) is 0 Å². The lowest BCUT2D eigenvalue weighted by Crippen LogP contribution is -2.50. The normalized spacial score (nSPS) is 15.5. The Morgan fingerprint density at radius 3 is 2.52 bits per heavy atom. The Balaban J connectivity index is 1.50. The van der Waals surface area contributed by atoms with Gasteiger partial charge in [-0.1, -0.05) is 0 Å². The molecule has 1 aliphatic rings. The summed E-state index contributed by atoms with van der Waals surface area (Å²) in [6.07, 6.45) is 4.71. The molecule has 1 fully saturated rings. The number of carbonyl (C=O) groups is 1. The number of hydrogen-bond donors (Lipinski definition) is 2. The lowest BCUT2D eigenvalue weighted by atomic mass is 10.2. The number of sulfonamides is 1. The van der Waals surface area contributed by atoms with Crippen LogP contribution in [0.1, 0.15) is 10.4 Å². The highest BCUT2D eigenvalue weighted by Crippen LogP contribution is 2.12. The summed E-state index contributed by atoms with van der Waals surface area (Å²) in [4.78, 5) is 36.2. The quantitative estimate of drug-likeness (QED) is 0.648. The zero-order valence-corrected chi connectivity index (χ0v) is 15.4. The first-order valence-corrected chi connectivity index (χ1v) is 10.0. The van der Waals surface area contributed by atoms with E-state index in [1.54, 1.807) is 18.5 Å². The molecule has 11 heteroatoms. The van der Waals surface area contributed by atoms with E-state index in [1.165, 1.54) is 22.6 Å². The molecule has 1 aliphatic heterocycles. The second-order valence-corrected chi connectivity index (χ2v) is 8.01. The summed E-state index contributed by atoms with van der Waals surface area (Å²) in [5, 5.41) is 2.47. The minimum absolute atomic E-state index is 0.0497. The maximum absolute atomic E-state index is 12.5. The van der Waals surface area contributed by atoms with Gasteiger partial charge >= 0.3 is 0 Å². The average molecular weight is 392 g/mol. The van der Waals surface area contributed by atoms with Gasteiger partial charge in [0.25, 0.3) is 11.5 Å². The van der Waals surface area contributed by atoms with Gasteiger partial charge in [-0.15, -0.1) is 0 Å². The third-order valence-electron chi connectivity index (χ3n) is 4.18. The van der Waals surface area contributed by atoms with Crippen LogP contribution in [-0.2, 0) is 10.0 Å². The van der Waals surface area contributed by atoms with Gasteiger partial charge in [0, 0.05) is 51.3 Å². The van der Waals surface area contributed by atoms with Crippen LogP contribution in [0.4, 0.5) is 5.95 Å². The second-order valence-electron chi connectivity index (χ2n) is 5.92. The predicted molar refractivity (Wildman–Crippen MR) is 99.0 cm³/mol. The smallest absolute Gasteiger partial charge is 0.260 e. The van der Waals surface area contributed by atoms with Crippen LogP contribution in [0.15, 0.2) is 41.6 Å². The van der Waals surface area contributed by atoms with Gasteiger partial charge in [-0.05, 0) is 18.2 Å². The molecule has 0 unspecified atom stereocenters. The van der Waals surface area contributed by atoms with Crippen LogP contribution < -0.4 is 15.8 Å². The predicted octanol–water partition coefficient (Wildman–Crippen LogP) is -0.953. The van der Waals surface area contributed by atoms with Crippen molar-refractivity contribution in [3.63, 3.8) is 0 Å². The summed E-state index contributed by atoms with van der Waals surface area (Å²) in [5.41, 5.74) is -0.566. The van der Waals surface area contributed by atoms with Crippen LogP contribution in [0.2, 0.25) is 0 Å². The number of pyridine rings is 1. The molecule has 0 aromatic carbocycles. The number of anilines is 1. The van der Waals surface area contributed by atoms with E-state index in [1.807, 2.05) is 4.90 Å². The van der Waals surface area contributed by atoms with Crippen molar-refractivity contribution in [3.8, 4) is 0 Å². The Labute approximate surface area is 156 Å². The van der Waals surface area contributed by atoms with Gasteiger partial charge in [0.15, 0.2) is 0 Å². The van der Waals surface area contributed by atoms with E-state index in [0.29, 0.717) is 32.1 Å². The summed E-state index contributed by atoms with van der Waals surface area (Å²) in [6.45, 7) is 1.57. The molecule has 2 aromatic heterocycles. The molecule has 3 heterocycles. The number of piperazine rings is 1. The fourth-order valence-corrected chi connectivity index (χ4v) is 4.08. The monoisotopic (exact) mass is 392 g/mol. The third kappa shape index (κ3) is 4.68. The Morgan fingerprint density at radius 2 is 1.85 bits per heavy atom. The molecule has 2 aromatic rings. The average Bonchev–Trinajstić information content (AvgIpc) is 2.69. The van der Waals surface area contributed by atoms with Crippen molar-refractivity contribution < 1.29 is 13.2 Å². The van der Waals surface area contributed by atoms with E-state index in [2.05, 4.69) is 20.3 Å². The van der Waals surface area contributed by atoms with Crippen LogP contribution in [0.3, 0.4) is 0 Å². The van der Waals surface area contributed by atoms with Gasteiger partial charge in [-0.2, -0.15) is 4.31 Å². The molecular formula is C16H20N6O4S. The molecule has 0 atom stereocenters. The molecule has 10 nitrogen and oxygen atoms in total. The van der Waals surface area contributed by atoms with Crippen molar-refractivity contribution >= 4 is 21.9 Å². The molecule has 0 spiro atoms. The molecule has 144 valence electrons. The molecule has 0 aliphatic carbocycles. The van der Waals surface area contributed by atoms with Crippen LogP contribution in [0.5, 0.6) is 0 Å².